The summed E-state index contributed by atoms with van der Waals surface area (Å²) in [5.41, 5.74) is -1.16. The predicted molar refractivity (Wildman–Crippen MR) is 88.8 cm³/mol. The summed E-state index contributed by atoms with van der Waals surface area (Å²) in [7, 11) is 0. The van der Waals surface area contributed by atoms with Gasteiger partial charge in [-0.15, -0.1) is 11.8 Å². The fourth-order valence-corrected chi connectivity index (χ4v) is 3.31. The number of anilines is 1. The molecule has 9 heteroatoms. The van der Waals surface area contributed by atoms with Crippen molar-refractivity contribution in [3.63, 3.8) is 0 Å². The topological polar surface area (TPSA) is 122 Å². The third kappa shape index (κ3) is 4.98. The van der Waals surface area contributed by atoms with Gasteiger partial charge in [0.25, 0.3) is 0 Å². The van der Waals surface area contributed by atoms with Gasteiger partial charge in [-0.05, 0) is 19.8 Å². The Labute approximate surface area is 143 Å². The lowest BCUT2D eigenvalue weighted by molar-refractivity contribution is -0.148. The molecule has 0 radical (unpaired) electrons. The first kappa shape index (κ1) is 18.3. The number of aliphatic carboxylic acids is 1. The van der Waals surface area contributed by atoms with E-state index in [1.165, 1.54) is 0 Å². The van der Waals surface area contributed by atoms with Crippen LogP contribution in [0.3, 0.4) is 0 Å². The smallest absolute Gasteiger partial charge is 0.329 e. The number of amides is 2. The molecule has 1 aliphatic carbocycles. The Balaban J connectivity index is 1.74. The molecule has 2 rings (SSSR count). The van der Waals surface area contributed by atoms with Crippen molar-refractivity contribution < 1.29 is 24.0 Å². The molecular weight excluding hydrogens is 334 g/mol. The maximum Gasteiger partial charge on any atom is 0.329 e. The quantitative estimate of drug-likeness (QED) is 0.678. The van der Waals surface area contributed by atoms with E-state index in [0.717, 1.165) is 31.0 Å². The molecule has 3 N–H and O–H groups in total. The minimum Gasteiger partial charge on any atom is -0.480 e. The van der Waals surface area contributed by atoms with Gasteiger partial charge in [0.1, 0.15) is 11.3 Å². The van der Waals surface area contributed by atoms with Crippen LogP contribution in [0.15, 0.2) is 10.6 Å². The number of aryl methyl sites for hydroxylation is 1. The van der Waals surface area contributed by atoms with Crippen molar-refractivity contribution in [2.75, 3.05) is 16.8 Å². The van der Waals surface area contributed by atoms with Gasteiger partial charge in [0.15, 0.2) is 5.82 Å². The lowest BCUT2D eigenvalue weighted by atomic mass is 9.81. The van der Waals surface area contributed by atoms with E-state index in [-0.39, 0.29) is 23.3 Å². The highest BCUT2D eigenvalue weighted by atomic mass is 32.2. The lowest BCUT2D eigenvalue weighted by Gasteiger charge is -2.33. The number of aromatic nitrogens is 1. The van der Waals surface area contributed by atoms with Crippen LogP contribution in [-0.2, 0) is 14.4 Å². The number of carbonyl (C=O) groups is 3. The van der Waals surface area contributed by atoms with E-state index in [1.54, 1.807) is 13.0 Å². The van der Waals surface area contributed by atoms with Crippen LogP contribution >= 0.6 is 11.8 Å². The third-order valence-corrected chi connectivity index (χ3v) is 4.79. The van der Waals surface area contributed by atoms with Gasteiger partial charge in [-0.25, -0.2) is 4.79 Å². The van der Waals surface area contributed by atoms with E-state index < -0.39 is 11.5 Å². The van der Waals surface area contributed by atoms with Gasteiger partial charge in [0, 0.05) is 6.07 Å². The van der Waals surface area contributed by atoms with Crippen molar-refractivity contribution in [2.45, 2.75) is 44.6 Å². The molecule has 24 heavy (non-hydrogen) atoms. The Hall–Kier alpha value is -2.03. The summed E-state index contributed by atoms with van der Waals surface area (Å²) in [6, 6.07) is 1.59. The Kier molecular flexibility index (Phi) is 6.24. The van der Waals surface area contributed by atoms with Crippen LogP contribution in [0.5, 0.6) is 0 Å². The first-order valence-electron chi connectivity index (χ1n) is 7.77. The van der Waals surface area contributed by atoms with E-state index in [2.05, 4.69) is 15.8 Å². The monoisotopic (exact) mass is 355 g/mol. The van der Waals surface area contributed by atoms with E-state index in [4.69, 9.17) is 4.52 Å². The summed E-state index contributed by atoms with van der Waals surface area (Å²) < 4.78 is 4.83. The van der Waals surface area contributed by atoms with Crippen molar-refractivity contribution in [1.29, 1.82) is 0 Å². The molecule has 0 bridgehead atoms. The normalized spacial score (nSPS) is 16.4. The van der Waals surface area contributed by atoms with Crippen molar-refractivity contribution in [3.05, 3.63) is 11.8 Å². The minimum atomic E-state index is -1.16. The Morgan fingerprint density at radius 3 is 2.50 bits per heavy atom. The number of hydrogen-bond acceptors (Lipinski definition) is 6. The van der Waals surface area contributed by atoms with Gasteiger partial charge >= 0.3 is 5.97 Å². The molecule has 8 nitrogen and oxygen atoms in total. The number of carboxylic acid groups (broad SMARTS) is 1. The van der Waals surface area contributed by atoms with E-state index >= 15 is 0 Å². The Morgan fingerprint density at radius 1 is 1.25 bits per heavy atom. The Morgan fingerprint density at radius 2 is 1.92 bits per heavy atom. The molecular formula is C15H21N3O5S. The van der Waals surface area contributed by atoms with Crippen LogP contribution in [0.25, 0.3) is 0 Å². The van der Waals surface area contributed by atoms with E-state index in [1.807, 2.05) is 0 Å². The van der Waals surface area contributed by atoms with Crippen molar-refractivity contribution in [2.24, 2.45) is 0 Å². The van der Waals surface area contributed by atoms with Gasteiger partial charge in [-0.3, -0.25) is 9.59 Å². The molecule has 2 amide bonds. The van der Waals surface area contributed by atoms with Crippen molar-refractivity contribution >= 4 is 35.4 Å². The molecule has 1 aromatic rings. The van der Waals surface area contributed by atoms with Gasteiger partial charge in [-0.2, -0.15) is 0 Å². The zero-order valence-corrected chi connectivity index (χ0v) is 14.3. The fourth-order valence-electron chi connectivity index (χ4n) is 2.69. The molecule has 0 spiro atoms. The van der Waals surface area contributed by atoms with Crippen molar-refractivity contribution in [1.82, 2.24) is 10.5 Å². The zero-order valence-electron chi connectivity index (χ0n) is 13.5. The summed E-state index contributed by atoms with van der Waals surface area (Å²) in [5.74, 6) is -0.640. The first-order valence-corrected chi connectivity index (χ1v) is 8.92. The molecule has 0 unspecified atom stereocenters. The molecule has 1 aromatic heterocycles. The molecule has 1 fully saturated rings. The fraction of sp³-hybridized carbons (Fsp3) is 0.600. The van der Waals surface area contributed by atoms with Crippen LogP contribution in [-0.4, -0.2) is 45.1 Å². The highest BCUT2D eigenvalue weighted by Gasteiger charge is 2.40. The second-order valence-corrected chi connectivity index (χ2v) is 6.85. The number of nitrogens with zero attached hydrogens (tertiary/aromatic N) is 1. The SMILES string of the molecule is Cc1cc(NC(=O)CSCC(=O)NC2(C(=O)O)CCCCC2)no1. The van der Waals surface area contributed by atoms with Gasteiger partial charge in [-0.1, -0.05) is 24.4 Å². The molecule has 0 saturated heterocycles. The Bertz CT molecular complexity index is 610. The highest BCUT2D eigenvalue weighted by Crippen LogP contribution is 2.28. The average molecular weight is 355 g/mol. The van der Waals surface area contributed by atoms with Crippen LogP contribution in [0.1, 0.15) is 37.9 Å². The molecule has 0 atom stereocenters. The summed E-state index contributed by atoms with van der Waals surface area (Å²) in [4.78, 5) is 35.2. The second kappa shape index (κ2) is 8.18. The van der Waals surface area contributed by atoms with E-state index in [9.17, 15) is 19.5 Å². The van der Waals surface area contributed by atoms with Crippen LogP contribution < -0.4 is 10.6 Å². The number of thioether (sulfide) groups is 1. The second-order valence-electron chi connectivity index (χ2n) is 5.86. The minimum absolute atomic E-state index is 0.0281. The third-order valence-electron chi connectivity index (χ3n) is 3.86. The maximum absolute atomic E-state index is 12.0. The number of carbonyl (C=O) groups excluding carboxylic acids is 2. The number of rotatable bonds is 7. The van der Waals surface area contributed by atoms with E-state index in [0.29, 0.717) is 24.4 Å². The molecule has 132 valence electrons. The van der Waals surface area contributed by atoms with Gasteiger partial charge in [0.05, 0.1) is 11.5 Å². The average Bonchev–Trinajstić information content (AvgIpc) is 2.93. The molecule has 0 aromatic carbocycles. The largest absolute Gasteiger partial charge is 0.480 e. The summed E-state index contributed by atoms with van der Waals surface area (Å²) in [6.45, 7) is 1.71. The molecule has 1 aliphatic rings. The zero-order chi connectivity index (χ0) is 17.6. The summed E-state index contributed by atoms with van der Waals surface area (Å²) in [6.07, 6.45) is 3.47. The van der Waals surface area contributed by atoms with Crippen LogP contribution in [0.2, 0.25) is 0 Å². The number of hydrogen-bond donors (Lipinski definition) is 3. The molecule has 0 aliphatic heterocycles. The van der Waals surface area contributed by atoms with Crippen LogP contribution in [0, 0.1) is 6.92 Å². The van der Waals surface area contributed by atoms with Gasteiger partial charge < -0.3 is 20.3 Å². The highest BCUT2D eigenvalue weighted by molar-refractivity contribution is 8.00. The molecule has 1 heterocycles. The maximum atomic E-state index is 12.0. The summed E-state index contributed by atoms with van der Waals surface area (Å²) >= 11 is 1.12. The van der Waals surface area contributed by atoms with Gasteiger partial charge in [0.2, 0.25) is 11.8 Å². The molecule has 1 saturated carbocycles. The first-order chi connectivity index (χ1) is 11.4. The standard InChI is InChI=1S/C15H21N3O5S/c1-10-7-11(18-23-10)16-12(19)8-24-9-13(20)17-15(14(21)22)5-3-2-4-6-15/h7H,2-6,8-9H2,1H3,(H,17,20)(H,21,22)(H,16,18,19). The van der Waals surface area contributed by atoms with Crippen molar-refractivity contribution in [3.8, 4) is 0 Å². The predicted octanol–water partition coefficient (Wildman–Crippen LogP) is 1.56. The van der Waals surface area contributed by atoms with Crippen LogP contribution in [0.4, 0.5) is 5.82 Å². The number of carboxylic acids is 1. The number of nitrogens with one attached hydrogen (secondary N) is 2. The lowest BCUT2D eigenvalue weighted by Crippen LogP contribution is -2.56. The summed E-state index contributed by atoms with van der Waals surface area (Å²) in [5, 5.41) is 18.3.